The number of para-hydroxylation sites is 1. The molecule has 0 aliphatic carbocycles. The fourth-order valence-corrected chi connectivity index (χ4v) is 4.73. The van der Waals surface area contributed by atoms with Gasteiger partial charge in [0, 0.05) is 41.7 Å². The Kier molecular flexibility index (Phi) is 5.17. The number of aromatic nitrogens is 2. The van der Waals surface area contributed by atoms with E-state index in [2.05, 4.69) is 34.2 Å². The van der Waals surface area contributed by atoms with Crippen LogP contribution in [0.1, 0.15) is 34.9 Å². The SMILES string of the molecule is COc1cc(OC)c2cc(C(=O)N3CCC(c4cc5ccccc5[nH]4)CC3)[nH]c2c1OC. The summed E-state index contributed by atoms with van der Waals surface area (Å²) in [5.74, 6) is 2.15. The number of rotatable bonds is 5. The van der Waals surface area contributed by atoms with Crippen LogP contribution in [-0.4, -0.2) is 55.2 Å². The monoisotopic (exact) mass is 433 g/mol. The van der Waals surface area contributed by atoms with Gasteiger partial charge in [0.2, 0.25) is 0 Å². The van der Waals surface area contributed by atoms with Gasteiger partial charge < -0.3 is 29.1 Å². The van der Waals surface area contributed by atoms with Gasteiger partial charge >= 0.3 is 0 Å². The quantitative estimate of drug-likeness (QED) is 0.478. The van der Waals surface area contributed by atoms with Gasteiger partial charge in [0.15, 0.2) is 11.5 Å². The fraction of sp³-hybridized carbons (Fsp3) is 0.320. The average molecular weight is 434 g/mol. The lowest BCUT2D eigenvalue weighted by Gasteiger charge is -2.31. The van der Waals surface area contributed by atoms with Gasteiger partial charge in [-0.05, 0) is 36.4 Å². The Bertz CT molecular complexity index is 1250. The van der Waals surface area contributed by atoms with Crippen LogP contribution in [0.2, 0.25) is 0 Å². The summed E-state index contributed by atoms with van der Waals surface area (Å²) in [6.07, 6.45) is 1.86. The Hall–Kier alpha value is -3.61. The van der Waals surface area contributed by atoms with E-state index in [1.165, 1.54) is 11.1 Å². The second-order valence-electron chi connectivity index (χ2n) is 8.16. The van der Waals surface area contributed by atoms with Crippen molar-refractivity contribution in [2.24, 2.45) is 0 Å². The summed E-state index contributed by atoms with van der Waals surface area (Å²) in [6.45, 7) is 1.43. The van der Waals surface area contributed by atoms with E-state index >= 15 is 0 Å². The molecule has 0 unspecified atom stereocenters. The first-order valence-corrected chi connectivity index (χ1v) is 10.8. The van der Waals surface area contributed by atoms with Crippen molar-refractivity contribution in [2.45, 2.75) is 18.8 Å². The number of carbonyl (C=O) groups is 1. The number of H-pyrrole nitrogens is 2. The third-order valence-corrected chi connectivity index (χ3v) is 6.44. The highest BCUT2D eigenvalue weighted by Gasteiger charge is 2.27. The van der Waals surface area contributed by atoms with Gasteiger partial charge in [-0.1, -0.05) is 18.2 Å². The van der Waals surface area contributed by atoms with Crippen molar-refractivity contribution in [1.29, 1.82) is 0 Å². The molecule has 1 aliphatic rings. The number of amides is 1. The lowest BCUT2D eigenvalue weighted by molar-refractivity contribution is 0.0707. The lowest BCUT2D eigenvalue weighted by atomic mass is 9.93. The molecule has 5 rings (SSSR count). The molecule has 7 heteroatoms. The average Bonchev–Trinajstić information content (AvgIpc) is 3.47. The molecule has 2 N–H and O–H groups in total. The number of nitrogens with one attached hydrogen (secondary N) is 2. The maximum absolute atomic E-state index is 13.3. The number of nitrogens with zero attached hydrogens (tertiary/aromatic N) is 1. The number of carbonyl (C=O) groups excluding carboxylic acids is 1. The zero-order valence-electron chi connectivity index (χ0n) is 18.5. The van der Waals surface area contributed by atoms with E-state index in [9.17, 15) is 4.79 Å². The normalized spacial score (nSPS) is 14.8. The molecule has 0 atom stereocenters. The van der Waals surface area contributed by atoms with E-state index in [1.54, 1.807) is 27.4 Å². The van der Waals surface area contributed by atoms with Crippen molar-refractivity contribution in [2.75, 3.05) is 34.4 Å². The third-order valence-electron chi connectivity index (χ3n) is 6.44. The fourth-order valence-electron chi connectivity index (χ4n) is 4.73. The van der Waals surface area contributed by atoms with Crippen LogP contribution in [-0.2, 0) is 0 Å². The molecule has 0 spiro atoms. The van der Waals surface area contributed by atoms with Crippen molar-refractivity contribution in [3.8, 4) is 17.2 Å². The number of methoxy groups -OCH3 is 3. The summed E-state index contributed by atoms with van der Waals surface area (Å²) in [5, 5.41) is 2.03. The number of hydrogen-bond acceptors (Lipinski definition) is 4. The van der Waals surface area contributed by atoms with Gasteiger partial charge in [0.1, 0.15) is 11.4 Å². The first-order chi connectivity index (χ1) is 15.6. The number of aromatic amines is 2. The third kappa shape index (κ3) is 3.34. The maximum Gasteiger partial charge on any atom is 0.270 e. The smallest absolute Gasteiger partial charge is 0.270 e. The Labute approximate surface area is 186 Å². The minimum Gasteiger partial charge on any atom is -0.496 e. The van der Waals surface area contributed by atoms with Gasteiger partial charge in [-0.25, -0.2) is 0 Å². The first kappa shape index (κ1) is 20.3. The molecular weight excluding hydrogens is 406 g/mol. The molecule has 2 aromatic heterocycles. The molecule has 4 aromatic rings. The van der Waals surface area contributed by atoms with Gasteiger partial charge in [-0.3, -0.25) is 4.79 Å². The predicted octanol–water partition coefficient (Wildman–Crippen LogP) is 4.69. The summed E-state index contributed by atoms with van der Waals surface area (Å²) in [4.78, 5) is 22.0. The van der Waals surface area contributed by atoms with Crippen LogP contribution in [0.15, 0.2) is 42.5 Å². The highest BCUT2D eigenvalue weighted by atomic mass is 16.5. The van der Waals surface area contributed by atoms with Gasteiger partial charge in [0.05, 0.1) is 26.8 Å². The highest BCUT2D eigenvalue weighted by Crippen LogP contribution is 2.41. The molecule has 7 nitrogen and oxygen atoms in total. The molecule has 0 saturated carbocycles. The van der Waals surface area contributed by atoms with Crippen LogP contribution in [0.25, 0.3) is 21.8 Å². The Balaban J connectivity index is 1.37. The molecular formula is C25H27N3O4. The van der Waals surface area contributed by atoms with Crippen LogP contribution in [0.4, 0.5) is 0 Å². The minimum atomic E-state index is -0.0145. The summed E-state index contributed by atoms with van der Waals surface area (Å²) < 4.78 is 16.5. The van der Waals surface area contributed by atoms with Crippen molar-refractivity contribution < 1.29 is 19.0 Å². The largest absolute Gasteiger partial charge is 0.496 e. The van der Waals surface area contributed by atoms with E-state index in [-0.39, 0.29) is 5.91 Å². The van der Waals surface area contributed by atoms with Crippen LogP contribution in [0.5, 0.6) is 17.2 Å². The summed E-state index contributed by atoms with van der Waals surface area (Å²) in [7, 11) is 4.76. The number of ether oxygens (including phenoxy) is 3. The van der Waals surface area contributed by atoms with E-state index in [1.807, 2.05) is 17.0 Å². The van der Waals surface area contributed by atoms with Crippen LogP contribution >= 0.6 is 0 Å². The van der Waals surface area contributed by atoms with Crippen molar-refractivity contribution in [3.05, 3.63) is 53.9 Å². The number of benzene rings is 2. The van der Waals surface area contributed by atoms with E-state index in [0.29, 0.717) is 47.5 Å². The van der Waals surface area contributed by atoms with Gasteiger partial charge in [0.25, 0.3) is 5.91 Å². The highest BCUT2D eigenvalue weighted by molar-refractivity contribution is 6.02. The zero-order valence-corrected chi connectivity index (χ0v) is 18.5. The molecule has 1 aliphatic heterocycles. The first-order valence-electron chi connectivity index (χ1n) is 10.8. The number of hydrogen-bond donors (Lipinski definition) is 2. The van der Waals surface area contributed by atoms with Crippen molar-refractivity contribution >= 4 is 27.7 Å². The Morgan fingerprint density at radius 3 is 2.38 bits per heavy atom. The topological polar surface area (TPSA) is 79.6 Å². The molecule has 1 fully saturated rings. The molecule has 166 valence electrons. The minimum absolute atomic E-state index is 0.0145. The van der Waals surface area contributed by atoms with Gasteiger partial charge in [-0.2, -0.15) is 0 Å². The number of piperidine rings is 1. The maximum atomic E-state index is 13.3. The molecule has 1 amide bonds. The second-order valence-corrected chi connectivity index (χ2v) is 8.16. The lowest BCUT2D eigenvalue weighted by Crippen LogP contribution is -2.38. The molecule has 32 heavy (non-hydrogen) atoms. The summed E-state index contributed by atoms with van der Waals surface area (Å²) >= 11 is 0. The summed E-state index contributed by atoms with van der Waals surface area (Å²) in [5.41, 5.74) is 3.64. The van der Waals surface area contributed by atoms with Crippen molar-refractivity contribution in [1.82, 2.24) is 14.9 Å². The summed E-state index contributed by atoms with van der Waals surface area (Å²) in [6, 6.07) is 14.2. The van der Waals surface area contributed by atoms with Crippen LogP contribution < -0.4 is 14.2 Å². The number of likely N-dealkylation sites (tertiary alicyclic amines) is 1. The van der Waals surface area contributed by atoms with Crippen molar-refractivity contribution in [3.63, 3.8) is 0 Å². The predicted molar refractivity (Wildman–Crippen MR) is 124 cm³/mol. The van der Waals surface area contributed by atoms with E-state index < -0.39 is 0 Å². The van der Waals surface area contributed by atoms with E-state index in [0.717, 1.165) is 23.7 Å². The Morgan fingerprint density at radius 2 is 1.69 bits per heavy atom. The molecule has 1 saturated heterocycles. The molecule has 2 aromatic carbocycles. The second kappa shape index (κ2) is 8.15. The molecule has 0 bridgehead atoms. The molecule has 0 radical (unpaired) electrons. The number of fused-ring (bicyclic) bond motifs is 2. The Morgan fingerprint density at radius 1 is 0.938 bits per heavy atom. The standard InChI is InChI=1S/C25H27N3O4/c1-30-21-14-22(31-2)24(32-3)23-17(21)13-20(27-23)25(29)28-10-8-15(9-11-28)19-12-16-6-4-5-7-18(16)26-19/h4-7,12-15,26-27H,8-11H2,1-3H3. The zero-order chi connectivity index (χ0) is 22.2. The molecule has 3 heterocycles. The van der Waals surface area contributed by atoms with Gasteiger partial charge in [-0.15, -0.1) is 0 Å². The van der Waals surface area contributed by atoms with Crippen LogP contribution in [0, 0.1) is 0 Å². The van der Waals surface area contributed by atoms with E-state index in [4.69, 9.17) is 14.2 Å². The van der Waals surface area contributed by atoms with Crippen LogP contribution in [0.3, 0.4) is 0 Å².